The zero-order valence-electron chi connectivity index (χ0n) is 10.3. The van der Waals surface area contributed by atoms with Gasteiger partial charge in [0.15, 0.2) is 0 Å². The van der Waals surface area contributed by atoms with Crippen LogP contribution in [0.1, 0.15) is 18.8 Å². The molecule has 2 N–H and O–H groups in total. The standard InChI is InChI=1S/C12H14N6/c1-8(11-13-7-14-17-11)15-12-16-9-5-3-4-6-10(9)18(12)2/h3-8H,1-2H3,(H,15,16)(H,13,14,17). The number of nitrogens with zero attached hydrogens (tertiary/aromatic N) is 4. The van der Waals surface area contributed by atoms with Crippen LogP contribution in [0.4, 0.5) is 5.95 Å². The molecule has 0 aliphatic heterocycles. The lowest BCUT2D eigenvalue weighted by Gasteiger charge is -2.11. The highest BCUT2D eigenvalue weighted by molar-refractivity contribution is 5.78. The molecule has 0 amide bonds. The summed E-state index contributed by atoms with van der Waals surface area (Å²) < 4.78 is 2.03. The topological polar surface area (TPSA) is 71.4 Å². The van der Waals surface area contributed by atoms with E-state index in [1.54, 1.807) is 0 Å². The minimum atomic E-state index is 0.0306. The molecule has 1 atom stereocenters. The number of hydrogen-bond acceptors (Lipinski definition) is 4. The third-order valence-electron chi connectivity index (χ3n) is 2.98. The minimum Gasteiger partial charge on any atom is -0.346 e. The highest BCUT2D eigenvalue weighted by atomic mass is 15.3. The number of para-hydroxylation sites is 2. The molecular formula is C12H14N6. The minimum absolute atomic E-state index is 0.0306. The highest BCUT2D eigenvalue weighted by Crippen LogP contribution is 2.20. The summed E-state index contributed by atoms with van der Waals surface area (Å²) in [7, 11) is 1.99. The maximum absolute atomic E-state index is 4.55. The summed E-state index contributed by atoms with van der Waals surface area (Å²) in [5.74, 6) is 1.61. The number of aromatic amines is 1. The van der Waals surface area contributed by atoms with Crippen LogP contribution >= 0.6 is 0 Å². The van der Waals surface area contributed by atoms with Crippen molar-refractivity contribution >= 4 is 17.0 Å². The number of aromatic nitrogens is 5. The fourth-order valence-electron chi connectivity index (χ4n) is 1.96. The average Bonchev–Trinajstić information content (AvgIpc) is 3.00. The lowest BCUT2D eigenvalue weighted by Crippen LogP contribution is -2.11. The van der Waals surface area contributed by atoms with E-state index in [0.717, 1.165) is 22.8 Å². The third kappa shape index (κ3) is 1.71. The summed E-state index contributed by atoms with van der Waals surface area (Å²) in [6.07, 6.45) is 1.50. The number of rotatable bonds is 3. The normalized spacial score (nSPS) is 12.8. The fraction of sp³-hybridized carbons (Fsp3) is 0.250. The third-order valence-corrected chi connectivity index (χ3v) is 2.98. The molecule has 3 aromatic rings. The molecule has 2 aromatic heterocycles. The van der Waals surface area contributed by atoms with Crippen molar-refractivity contribution in [2.45, 2.75) is 13.0 Å². The van der Waals surface area contributed by atoms with Gasteiger partial charge in [0.05, 0.1) is 17.1 Å². The molecule has 0 aliphatic rings. The molecule has 0 fully saturated rings. The number of H-pyrrole nitrogens is 1. The van der Waals surface area contributed by atoms with E-state index in [1.165, 1.54) is 6.33 Å². The van der Waals surface area contributed by atoms with Gasteiger partial charge in [-0.15, -0.1) is 0 Å². The Kier molecular flexibility index (Phi) is 2.47. The molecule has 1 unspecified atom stereocenters. The first kappa shape index (κ1) is 10.8. The van der Waals surface area contributed by atoms with Crippen molar-refractivity contribution in [3.63, 3.8) is 0 Å². The summed E-state index contributed by atoms with van der Waals surface area (Å²) in [5, 5.41) is 10.0. The van der Waals surface area contributed by atoms with E-state index in [1.807, 2.05) is 42.8 Å². The van der Waals surface area contributed by atoms with Crippen LogP contribution in [0.3, 0.4) is 0 Å². The first-order chi connectivity index (χ1) is 8.75. The zero-order valence-corrected chi connectivity index (χ0v) is 10.3. The lowest BCUT2D eigenvalue weighted by molar-refractivity contribution is 0.770. The molecule has 92 valence electrons. The maximum Gasteiger partial charge on any atom is 0.204 e. The molecule has 18 heavy (non-hydrogen) atoms. The largest absolute Gasteiger partial charge is 0.346 e. The number of anilines is 1. The van der Waals surface area contributed by atoms with Gasteiger partial charge in [-0.1, -0.05) is 12.1 Å². The molecule has 0 radical (unpaired) electrons. The van der Waals surface area contributed by atoms with Gasteiger partial charge in [0.1, 0.15) is 12.2 Å². The lowest BCUT2D eigenvalue weighted by atomic mass is 10.3. The maximum atomic E-state index is 4.55. The molecule has 3 rings (SSSR count). The summed E-state index contributed by atoms with van der Waals surface area (Å²) in [4.78, 5) is 8.68. The average molecular weight is 242 g/mol. The van der Waals surface area contributed by atoms with E-state index >= 15 is 0 Å². The van der Waals surface area contributed by atoms with E-state index in [-0.39, 0.29) is 6.04 Å². The summed E-state index contributed by atoms with van der Waals surface area (Å²) in [5.41, 5.74) is 2.08. The first-order valence-corrected chi connectivity index (χ1v) is 5.79. The number of aryl methyl sites for hydroxylation is 1. The molecule has 0 bridgehead atoms. The Labute approximate surface area is 104 Å². The molecule has 0 saturated carbocycles. The first-order valence-electron chi connectivity index (χ1n) is 5.79. The van der Waals surface area contributed by atoms with Crippen LogP contribution in [-0.4, -0.2) is 24.7 Å². The van der Waals surface area contributed by atoms with Crippen molar-refractivity contribution in [2.24, 2.45) is 7.05 Å². The monoisotopic (exact) mass is 242 g/mol. The van der Waals surface area contributed by atoms with Crippen molar-refractivity contribution in [1.29, 1.82) is 0 Å². The number of fused-ring (bicyclic) bond motifs is 1. The van der Waals surface area contributed by atoms with Crippen LogP contribution in [0.15, 0.2) is 30.6 Å². The van der Waals surface area contributed by atoms with E-state index in [9.17, 15) is 0 Å². The Morgan fingerprint density at radius 2 is 2.17 bits per heavy atom. The summed E-state index contributed by atoms with van der Waals surface area (Å²) in [6.45, 7) is 2.01. The van der Waals surface area contributed by atoms with Crippen LogP contribution in [0.2, 0.25) is 0 Å². The molecule has 0 saturated heterocycles. The molecule has 2 heterocycles. The van der Waals surface area contributed by atoms with Gasteiger partial charge in [-0.25, -0.2) is 9.97 Å². The van der Waals surface area contributed by atoms with Crippen molar-refractivity contribution < 1.29 is 0 Å². The second-order valence-electron chi connectivity index (χ2n) is 4.22. The van der Waals surface area contributed by atoms with E-state index < -0.39 is 0 Å². The number of nitrogens with one attached hydrogen (secondary N) is 2. The van der Waals surface area contributed by atoms with Gasteiger partial charge >= 0.3 is 0 Å². The van der Waals surface area contributed by atoms with Gasteiger partial charge in [0.2, 0.25) is 5.95 Å². The number of hydrogen-bond donors (Lipinski definition) is 2. The van der Waals surface area contributed by atoms with Crippen LogP contribution < -0.4 is 5.32 Å². The van der Waals surface area contributed by atoms with E-state index in [2.05, 4.69) is 25.5 Å². The second-order valence-corrected chi connectivity index (χ2v) is 4.22. The van der Waals surface area contributed by atoms with Gasteiger partial charge < -0.3 is 9.88 Å². The van der Waals surface area contributed by atoms with Crippen LogP contribution in [0.25, 0.3) is 11.0 Å². The molecule has 0 aliphatic carbocycles. The smallest absolute Gasteiger partial charge is 0.204 e. The molecule has 6 nitrogen and oxygen atoms in total. The van der Waals surface area contributed by atoms with Crippen molar-refractivity contribution in [3.05, 3.63) is 36.4 Å². The fourth-order valence-corrected chi connectivity index (χ4v) is 1.96. The Hall–Kier alpha value is -2.37. The van der Waals surface area contributed by atoms with Crippen molar-refractivity contribution in [2.75, 3.05) is 5.32 Å². The predicted molar refractivity (Wildman–Crippen MR) is 69.1 cm³/mol. The van der Waals surface area contributed by atoms with Crippen LogP contribution in [0, 0.1) is 0 Å². The van der Waals surface area contributed by atoms with Gasteiger partial charge in [0, 0.05) is 7.05 Å². The van der Waals surface area contributed by atoms with Crippen molar-refractivity contribution in [3.8, 4) is 0 Å². The number of imidazole rings is 1. The van der Waals surface area contributed by atoms with Gasteiger partial charge in [-0.2, -0.15) is 5.10 Å². The summed E-state index contributed by atoms with van der Waals surface area (Å²) >= 11 is 0. The summed E-state index contributed by atoms with van der Waals surface area (Å²) in [6, 6.07) is 8.07. The Morgan fingerprint density at radius 1 is 1.33 bits per heavy atom. The van der Waals surface area contributed by atoms with Gasteiger partial charge in [0.25, 0.3) is 0 Å². The van der Waals surface area contributed by atoms with Crippen LogP contribution in [0.5, 0.6) is 0 Å². The molecule has 6 heteroatoms. The van der Waals surface area contributed by atoms with Crippen molar-refractivity contribution in [1.82, 2.24) is 24.7 Å². The Morgan fingerprint density at radius 3 is 2.89 bits per heavy atom. The van der Waals surface area contributed by atoms with E-state index in [4.69, 9.17) is 0 Å². The zero-order chi connectivity index (χ0) is 12.5. The Bertz CT molecular complexity index is 654. The molecular weight excluding hydrogens is 228 g/mol. The SMILES string of the molecule is CC(Nc1nc2ccccc2n1C)c1ncn[nH]1. The molecule has 0 spiro atoms. The quantitative estimate of drug-likeness (QED) is 0.735. The van der Waals surface area contributed by atoms with Crippen LogP contribution in [-0.2, 0) is 7.05 Å². The number of benzene rings is 1. The molecule has 1 aromatic carbocycles. The van der Waals surface area contributed by atoms with Gasteiger partial charge in [-0.3, -0.25) is 5.10 Å². The highest BCUT2D eigenvalue weighted by Gasteiger charge is 2.12. The van der Waals surface area contributed by atoms with E-state index in [0.29, 0.717) is 0 Å². The Balaban J connectivity index is 1.93. The predicted octanol–water partition coefficient (Wildman–Crippen LogP) is 1.86. The van der Waals surface area contributed by atoms with Gasteiger partial charge in [-0.05, 0) is 19.1 Å². The second kappa shape index (κ2) is 4.14.